The molecule has 0 amide bonds. The third-order valence-electron chi connectivity index (χ3n) is 8.63. The first-order chi connectivity index (χ1) is 23.2. The Hall–Kier alpha value is -2.29. The number of hydrogen-bond acceptors (Lipinski definition) is 6. The van der Waals surface area contributed by atoms with Crippen LogP contribution in [0.5, 0.6) is 17.2 Å². The monoisotopic (exact) mass is 790 g/mol. The maximum atomic E-state index is 14.3. The minimum atomic E-state index is -0.320. The zero-order chi connectivity index (χ0) is 34.9. The Bertz CT molecular complexity index is 1560. The second-order valence-electron chi connectivity index (χ2n) is 13.2. The largest absolute Gasteiger partial charge is 0.507 e. The second-order valence-corrected chi connectivity index (χ2v) is 14.7. The van der Waals surface area contributed by atoms with Gasteiger partial charge in [-0.2, -0.15) is 0 Å². The third kappa shape index (κ3) is 11.9. The summed E-state index contributed by atoms with van der Waals surface area (Å²) in [5, 5.41) is 24.8. The van der Waals surface area contributed by atoms with E-state index in [0.717, 1.165) is 60.3 Å². The highest BCUT2D eigenvalue weighted by Gasteiger charge is 2.23. The highest BCUT2D eigenvalue weighted by atomic mass is 79.9. The van der Waals surface area contributed by atoms with Gasteiger partial charge in [-0.1, -0.05) is 107 Å². The van der Waals surface area contributed by atoms with E-state index < -0.39 is 0 Å². The van der Waals surface area contributed by atoms with E-state index >= 15 is 0 Å². The van der Waals surface area contributed by atoms with Crippen LogP contribution in [-0.4, -0.2) is 34.1 Å². The number of rotatable bonds is 23. The summed E-state index contributed by atoms with van der Waals surface area (Å²) in [7, 11) is 0. The van der Waals surface area contributed by atoms with Crippen LogP contribution in [0.2, 0.25) is 0 Å². The minimum Gasteiger partial charge on any atom is -0.507 e. The molecular weight excluding hydrogens is 736 g/mol. The van der Waals surface area contributed by atoms with Crippen LogP contribution in [0.3, 0.4) is 0 Å². The van der Waals surface area contributed by atoms with Crippen molar-refractivity contribution < 1.29 is 24.1 Å². The van der Waals surface area contributed by atoms with Crippen molar-refractivity contribution in [1.29, 1.82) is 0 Å². The van der Waals surface area contributed by atoms with Crippen LogP contribution in [0.1, 0.15) is 121 Å². The molecule has 1 heterocycles. The Kier molecular flexibility index (Phi) is 18.2. The fraction of sp³-hybridized carbons (Fsp3) is 0.575. The van der Waals surface area contributed by atoms with Crippen molar-refractivity contribution in [1.82, 2.24) is 0 Å². The average Bonchev–Trinajstić information content (AvgIpc) is 3.05. The van der Waals surface area contributed by atoms with Crippen LogP contribution in [-0.2, 0) is 19.4 Å². The number of unbranched alkanes of at least 4 members (excludes halogenated alkanes) is 10. The second kappa shape index (κ2) is 21.7. The van der Waals surface area contributed by atoms with Crippen molar-refractivity contribution in [2.75, 3.05) is 23.9 Å². The zero-order valence-electron chi connectivity index (χ0n) is 29.5. The van der Waals surface area contributed by atoms with Crippen LogP contribution in [0.4, 0.5) is 0 Å². The number of aromatic hydroxyl groups is 1. The third-order valence-corrected chi connectivity index (χ3v) is 9.75. The first-order valence-corrected chi connectivity index (χ1v) is 20.0. The molecular formula is C40H56Br2O6. The van der Waals surface area contributed by atoms with Crippen LogP contribution in [0, 0.1) is 0 Å². The molecule has 2 N–H and O–H groups in total. The number of fused-ring (bicyclic) bond motifs is 2. The van der Waals surface area contributed by atoms with E-state index in [1.807, 2.05) is 39.8 Å². The summed E-state index contributed by atoms with van der Waals surface area (Å²) in [4.78, 5) is 14.3. The topological polar surface area (TPSA) is 89.1 Å². The summed E-state index contributed by atoms with van der Waals surface area (Å²) in [5.74, 6) is 0.949. The van der Waals surface area contributed by atoms with E-state index in [9.17, 15) is 15.0 Å². The van der Waals surface area contributed by atoms with E-state index in [-0.39, 0.29) is 28.8 Å². The van der Waals surface area contributed by atoms with E-state index in [0.29, 0.717) is 65.2 Å². The van der Waals surface area contributed by atoms with E-state index in [4.69, 9.17) is 13.9 Å². The molecule has 0 aliphatic rings. The van der Waals surface area contributed by atoms with Crippen molar-refractivity contribution >= 4 is 53.8 Å². The molecule has 8 heteroatoms. The Labute approximate surface area is 304 Å². The maximum absolute atomic E-state index is 14.3. The molecule has 266 valence electrons. The molecule has 1 aromatic heterocycles. The van der Waals surface area contributed by atoms with Gasteiger partial charge in [0, 0.05) is 33.9 Å². The Balaban J connectivity index is 2.04. The Morgan fingerprint density at radius 1 is 0.667 bits per heavy atom. The number of benzene rings is 2. The number of ether oxygens (including phenoxy) is 2. The molecule has 6 nitrogen and oxygen atoms in total. The Morgan fingerprint density at radius 3 is 1.58 bits per heavy atom. The molecule has 48 heavy (non-hydrogen) atoms. The maximum Gasteiger partial charge on any atom is 0.204 e. The summed E-state index contributed by atoms with van der Waals surface area (Å²) < 4.78 is 19.0. The molecule has 2 aromatic carbocycles. The van der Waals surface area contributed by atoms with E-state index in [1.54, 1.807) is 12.1 Å². The molecule has 0 atom stereocenters. The number of hydrogen-bond donors (Lipinski definition) is 2. The van der Waals surface area contributed by atoms with Gasteiger partial charge in [0.15, 0.2) is 0 Å². The normalized spacial score (nSPS) is 11.3. The van der Waals surface area contributed by atoms with Gasteiger partial charge in [-0.3, -0.25) is 4.79 Å². The van der Waals surface area contributed by atoms with Crippen LogP contribution in [0.15, 0.2) is 44.6 Å². The fourth-order valence-electron chi connectivity index (χ4n) is 5.90. The molecule has 0 bridgehead atoms. The number of aliphatic hydroxyl groups excluding tert-OH is 1. The molecule has 0 fully saturated rings. The standard InChI is InChI=1S/C40H56Br2O6/c1-28(2)17-19-30-32(27-43)34(47-24-16-12-8-6-10-14-22-42)26-35-37(30)40(45)38-36(48-35)25-33(31(39(38)44)20-18-29(3)4)46-23-15-11-7-5-9-13-21-41/h17-18,25-26,43-44H,5-16,19-24,27H2,1-4H3. The van der Waals surface area contributed by atoms with Gasteiger partial charge in [-0.25, -0.2) is 0 Å². The summed E-state index contributed by atoms with van der Waals surface area (Å²) in [5.41, 5.74) is 4.35. The highest BCUT2D eigenvalue weighted by Crippen LogP contribution is 2.39. The van der Waals surface area contributed by atoms with Crippen LogP contribution >= 0.6 is 31.9 Å². The van der Waals surface area contributed by atoms with Crippen LogP contribution < -0.4 is 14.9 Å². The SMILES string of the molecule is CC(C)=CCc1c(OCCCCCCCCBr)cc2oc3cc(OCCCCCCCCBr)c(CO)c(CC=C(C)C)c3c(=O)c2c1O. The first-order valence-electron chi connectivity index (χ1n) is 17.8. The molecule has 3 aromatic rings. The lowest BCUT2D eigenvalue weighted by atomic mass is 9.95. The predicted octanol–water partition coefficient (Wildman–Crippen LogP) is 11.4. The van der Waals surface area contributed by atoms with Gasteiger partial charge in [-0.05, 0) is 71.8 Å². The van der Waals surface area contributed by atoms with E-state index in [1.165, 1.54) is 38.5 Å². The van der Waals surface area contributed by atoms with Gasteiger partial charge in [0.05, 0.1) is 25.2 Å². The van der Waals surface area contributed by atoms with Gasteiger partial charge in [0.1, 0.15) is 33.8 Å². The summed E-state index contributed by atoms with van der Waals surface area (Å²) >= 11 is 6.99. The average molecular weight is 793 g/mol. The molecule has 0 aliphatic carbocycles. The zero-order valence-corrected chi connectivity index (χ0v) is 32.7. The summed E-state index contributed by atoms with van der Waals surface area (Å²) in [6.45, 7) is 8.78. The highest BCUT2D eigenvalue weighted by molar-refractivity contribution is 9.09. The lowest BCUT2D eigenvalue weighted by Crippen LogP contribution is -2.11. The smallest absolute Gasteiger partial charge is 0.204 e. The molecule has 0 aliphatic heterocycles. The lowest BCUT2D eigenvalue weighted by Gasteiger charge is -2.18. The van der Waals surface area contributed by atoms with Gasteiger partial charge in [0.2, 0.25) is 5.43 Å². The van der Waals surface area contributed by atoms with Crippen molar-refractivity contribution in [2.24, 2.45) is 0 Å². The number of alkyl halides is 2. The predicted molar refractivity (Wildman–Crippen MR) is 208 cm³/mol. The summed E-state index contributed by atoms with van der Waals surface area (Å²) in [6, 6.07) is 3.49. The molecule has 3 rings (SSSR count). The van der Waals surface area contributed by atoms with Crippen molar-refractivity contribution in [3.8, 4) is 17.2 Å². The first kappa shape index (κ1) is 40.1. The Morgan fingerprint density at radius 2 is 1.10 bits per heavy atom. The minimum absolute atomic E-state index is 0.111. The quantitative estimate of drug-likeness (QED) is 0.0430. The number of halogens is 2. The molecule has 0 radical (unpaired) electrons. The van der Waals surface area contributed by atoms with Gasteiger partial charge < -0.3 is 24.1 Å². The fourth-order valence-corrected chi connectivity index (χ4v) is 6.69. The number of phenols is 1. The number of phenolic OH excluding ortho intramolecular Hbond substituents is 1. The molecule has 0 spiro atoms. The van der Waals surface area contributed by atoms with Crippen molar-refractivity contribution in [3.05, 3.63) is 62.3 Å². The molecule has 0 unspecified atom stereocenters. The molecule has 0 saturated heterocycles. The van der Waals surface area contributed by atoms with Crippen LogP contribution in [0.25, 0.3) is 21.9 Å². The number of allylic oxidation sites excluding steroid dienone is 4. The lowest BCUT2D eigenvalue weighted by molar-refractivity contribution is 0.259. The van der Waals surface area contributed by atoms with Gasteiger partial charge in [-0.15, -0.1) is 0 Å². The summed E-state index contributed by atoms with van der Waals surface area (Å²) in [6.07, 6.45) is 18.5. The number of aliphatic hydroxyl groups is 1. The van der Waals surface area contributed by atoms with Crippen molar-refractivity contribution in [2.45, 2.75) is 124 Å². The molecule has 0 saturated carbocycles. The van der Waals surface area contributed by atoms with Gasteiger partial charge >= 0.3 is 0 Å². The van der Waals surface area contributed by atoms with Gasteiger partial charge in [0.25, 0.3) is 0 Å². The van der Waals surface area contributed by atoms with Crippen molar-refractivity contribution in [3.63, 3.8) is 0 Å². The van der Waals surface area contributed by atoms with E-state index in [2.05, 4.69) is 31.9 Å².